The maximum absolute atomic E-state index is 12.6. The first-order valence-corrected chi connectivity index (χ1v) is 9.13. The van der Waals surface area contributed by atoms with Crippen molar-refractivity contribution >= 4 is 35.3 Å². The third-order valence-electron chi connectivity index (χ3n) is 3.76. The number of non-ortho nitro benzene ring substituents is 1. The summed E-state index contributed by atoms with van der Waals surface area (Å²) < 4.78 is 9.92. The highest BCUT2D eigenvalue weighted by molar-refractivity contribution is 7.99. The van der Waals surface area contributed by atoms with Gasteiger partial charge in [0.2, 0.25) is 0 Å². The minimum Gasteiger partial charge on any atom is -0.480 e. The van der Waals surface area contributed by atoms with Crippen LogP contribution in [0.2, 0.25) is 0 Å². The van der Waals surface area contributed by atoms with Gasteiger partial charge < -0.3 is 24.6 Å². The molecule has 1 saturated heterocycles. The predicted molar refractivity (Wildman–Crippen MR) is 95.8 cm³/mol. The van der Waals surface area contributed by atoms with E-state index in [4.69, 9.17) is 14.6 Å². The van der Waals surface area contributed by atoms with E-state index in [9.17, 15) is 29.6 Å². The van der Waals surface area contributed by atoms with Gasteiger partial charge in [0.1, 0.15) is 24.6 Å². The van der Waals surface area contributed by atoms with Crippen LogP contribution < -0.4 is 0 Å². The van der Waals surface area contributed by atoms with Gasteiger partial charge in [0.15, 0.2) is 0 Å². The number of rotatable bonds is 10. The van der Waals surface area contributed by atoms with E-state index >= 15 is 0 Å². The van der Waals surface area contributed by atoms with Crippen LogP contribution in [0.1, 0.15) is 10.9 Å². The standard InChI is InChI=1S/C16H18N2O9S/c19-13(7-26-4-5-27-8-14(20)21)17-12(16(22)23)9-28-15(17)10-2-1-3-11(6-10)18(24)25/h1-3,6,12,15H,4-5,7-9H2,(H,20,21)(H,22,23)/t12-,15?/m0/s1. The van der Waals surface area contributed by atoms with Crippen molar-refractivity contribution in [1.29, 1.82) is 0 Å². The van der Waals surface area contributed by atoms with Gasteiger partial charge in [0.25, 0.3) is 11.6 Å². The second-order valence-corrected chi connectivity index (χ2v) is 6.80. The lowest BCUT2D eigenvalue weighted by molar-refractivity contribution is -0.384. The van der Waals surface area contributed by atoms with Crippen molar-refractivity contribution in [2.75, 3.05) is 32.2 Å². The molecule has 11 nitrogen and oxygen atoms in total. The van der Waals surface area contributed by atoms with E-state index < -0.39 is 47.4 Å². The number of amides is 1. The Hall–Kier alpha value is -2.70. The average Bonchev–Trinajstić information content (AvgIpc) is 3.09. The summed E-state index contributed by atoms with van der Waals surface area (Å²) in [4.78, 5) is 46.0. The van der Waals surface area contributed by atoms with Gasteiger partial charge in [-0.15, -0.1) is 11.8 Å². The molecule has 0 aliphatic carbocycles. The van der Waals surface area contributed by atoms with E-state index in [2.05, 4.69) is 0 Å². The molecule has 0 saturated carbocycles. The van der Waals surface area contributed by atoms with Gasteiger partial charge in [-0.25, -0.2) is 9.59 Å². The predicted octanol–water partition coefficient (Wildman–Crippen LogP) is 0.740. The number of carboxylic acid groups (broad SMARTS) is 2. The number of hydrogen-bond acceptors (Lipinski definition) is 8. The molecule has 152 valence electrons. The molecule has 2 rings (SSSR count). The highest BCUT2D eigenvalue weighted by Gasteiger charge is 2.42. The number of nitro groups is 1. The normalized spacial score (nSPS) is 18.8. The van der Waals surface area contributed by atoms with Crippen LogP contribution in [0, 0.1) is 10.1 Å². The van der Waals surface area contributed by atoms with Crippen LogP contribution in [0.15, 0.2) is 24.3 Å². The Kier molecular flexibility index (Phi) is 7.72. The van der Waals surface area contributed by atoms with Crippen LogP contribution in [0.3, 0.4) is 0 Å². The zero-order valence-electron chi connectivity index (χ0n) is 14.6. The van der Waals surface area contributed by atoms with Crippen molar-refractivity contribution in [3.8, 4) is 0 Å². The number of benzene rings is 1. The second kappa shape index (κ2) is 10.0. The van der Waals surface area contributed by atoms with E-state index in [1.54, 1.807) is 6.07 Å². The van der Waals surface area contributed by atoms with E-state index in [1.165, 1.54) is 30.0 Å². The van der Waals surface area contributed by atoms with Gasteiger partial charge in [-0.05, 0) is 5.56 Å². The Morgan fingerprint density at radius 3 is 2.50 bits per heavy atom. The fourth-order valence-corrected chi connectivity index (χ4v) is 3.99. The number of carbonyl (C=O) groups is 3. The van der Waals surface area contributed by atoms with Crippen molar-refractivity contribution in [2.24, 2.45) is 0 Å². The Morgan fingerprint density at radius 1 is 1.21 bits per heavy atom. The topological polar surface area (TPSA) is 157 Å². The van der Waals surface area contributed by atoms with Crippen LogP contribution in [0.5, 0.6) is 0 Å². The van der Waals surface area contributed by atoms with Crippen LogP contribution in [0.25, 0.3) is 0 Å². The van der Waals surface area contributed by atoms with Crippen molar-refractivity contribution in [2.45, 2.75) is 11.4 Å². The molecule has 1 unspecified atom stereocenters. The summed E-state index contributed by atoms with van der Waals surface area (Å²) in [5.74, 6) is -2.77. The van der Waals surface area contributed by atoms with Gasteiger partial charge in [0.05, 0.1) is 18.1 Å². The monoisotopic (exact) mass is 414 g/mol. The Labute approximate surface area is 163 Å². The summed E-state index contributed by atoms with van der Waals surface area (Å²) in [5, 5.41) is 28.1. The Bertz CT molecular complexity index is 757. The molecule has 1 aromatic rings. The minimum absolute atomic E-state index is 0.0367. The number of carboxylic acids is 2. The molecule has 2 atom stereocenters. The molecule has 2 N–H and O–H groups in total. The van der Waals surface area contributed by atoms with E-state index in [-0.39, 0.29) is 24.7 Å². The van der Waals surface area contributed by atoms with Crippen molar-refractivity contribution in [3.63, 3.8) is 0 Å². The lowest BCUT2D eigenvalue weighted by Gasteiger charge is -2.27. The quantitative estimate of drug-likeness (QED) is 0.318. The molecule has 12 heteroatoms. The number of carbonyl (C=O) groups excluding carboxylic acids is 1. The summed E-state index contributed by atoms with van der Waals surface area (Å²) in [7, 11) is 0. The van der Waals surface area contributed by atoms with E-state index in [0.29, 0.717) is 5.56 Å². The van der Waals surface area contributed by atoms with Crippen LogP contribution in [-0.2, 0) is 23.9 Å². The van der Waals surface area contributed by atoms with Crippen LogP contribution in [0.4, 0.5) is 5.69 Å². The fourth-order valence-electron chi connectivity index (χ4n) is 2.56. The number of nitrogens with zero attached hydrogens (tertiary/aromatic N) is 2. The molecule has 0 spiro atoms. The maximum Gasteiger partial charge on any atom is 0.329 e. The summed E-state index contributed by atoms with van der Waals surface area (Å²) in [6, 6.07) is 4.60. The van der Waals surface area contributed by atoms with E-state index in [0.717, 1.165) is 4.90 Å². The van der Waals surface area contributed by atoms with Gasteiger partial charge in [-0.1, -0.05) is 12.1 Å². The lowest BCUT2D eigenvalue weighted by atomic mass is 10.1. The number of aliphatic carboxylic acids is 2. The molecule has 1 fully saturated rings. The first-order chi connectivity index (χ1) is 13.3. The molecule has 1 amide bonds. The van der Waals surface area contributed by atoms with Crippen LogP contribution >= 0.6 is 11.8 Å². The first-order valence-electron chi connectivity index (χ1n) is 8.08. The van der Waals surface area contributed by atoms with Gasteiger partial charge >= 0.3 is 11.9 Å². The zero-order chi connectivity index (χ0) is 20.7. The fraction of sp³-hybridized carbons (Fsp3) is 0.438. The molecule has 0 bridgehead atoms. The van der Waals surface area contributed by atoms with Crippen molar-refractivity contribution < 1.29 is 39.0 Å². The molecule has 1 aromatic carbocycles. The zero-order valence-corrected chi connectivity index (χ0v) is 15.4. The second-order valence-electron chi connectivity index (χ2n) is 5.69. The molecular weight excluding hydrogens is 396 g/mol. The number of nitro benzene ring substituents is 1. The number of ether oxygens (including phenoxy) is 2. The van der Waals surface area contributed by atoms with Gasteiger partial charge in [0, 0.05) is 17.9 Å². The maximum atomic E-state index is 12.6. The number of hydrogen-bond donors (Lipinski definition) is 2. The SMILES string of the molecule is O=C(O)COCCOCC(=O)N1C(c2cccc([N+](=O)[O-])c2)SC[C@H]1C(=O)O. The molecule has 0 aromatic heterocycles. The third kappa shape index (κ3) is 5.65. The molecule has 0 radical (unpaired) electrons. The first kappa shape index (κ1) is 21.6. The third-order valence-corrected chi connectivity index (χ3v) is 5.09. The average molecular weight is 414 g/mol. The Morgan fingerprint density at radius 2 is 1.89 bits per heavy atom. The Balaban J connectivity index is 2.04. The summed E-state index contributed by atoms with van der Waals surface area (Å²) in [6.07, 6.45) is 0. The lowest BCUT2D eigenvalue weighted by Crippen LogP contribution is -2.44. The summed E-state index contributed by atoms with van der Waals surface area (Å²) in [6.45, 7) is -0.994. The highest BCUT2D eigenvalue weighted by Crippen LogP contribution is 2.42. The largest absolute Gasteiger partial charge is 0.480 e. The van der Waals surface area contributed by atoms with Crippen molar-refractivity contribution in [3.05, 3.63) is 39.9 Å². The molecular formula is C16H18N2O9S. The minimum atomic E-state index is -1.18. The van der Waals surface area contributed by atoms with E-state index in [1.807, 2.05) is 0 Å². The summed E-state index contributed by atoms with van der Waals surface area (Å²) in [5.41, 5.74) is 0.289. The number of thioether (sulfide) groups is 1. The highest BCUT2D eigenvalue weighted by atomic mass is 32.2. The summed E-state index contributed by atoms with van der Waals surface area (Å²) >= 11 is 1.20. The van der Waals surface area contributed by atoms with Gasteiger partial charge in [-0.2, -0.15) is 0 Å². The van der Waals surface area contributed by atoms with Gasteiger partial charge in [-0.3, -0.25) is 14.9 Å². The smallest absolute Gasteiger partial charge is 0.329 e. The molecule has 1 heterocycles. The molecule has 28 heavy (non-hydrogen) atoms. The van der Waals surface area contributed by atoms with Crippen LogP contribution in [-0.4, -0.2) is 76.1 Å². The molecule has 1 aliphatic rings. The molecule has 1 aliphatic heterocycles. The van der Waals surface area contributed by atoms with Crippen molar-refractivity contribution in [1.82, 2.24) is 4.90 Å².